The second-order valence-corrected chi connectivity index (χ2v) is 4.35. The Morgan fingerprint density at radius 1 is 1.36 bits per heavy atom. The third-order valence-electron chi connectivity index (χ3n) is 3.59. The molecule has 2 unspecified atom stereocenters. The van der Waals surface area contributed by atoms with Crippen molar-refractivity contribution < 1.29 is 14.4 Å². The zero-order valence-electron chi connectivity index (χ0n) is 8.95. The number of likely N-dealkylation sites (N-methyl/N-ethyl adjacent to an activating group) is 1. The number of nitrogens with zero attached hydrogens (tertiary/aromatic N) is 1. The van der Waals surface area contributed by atoms with Gasteiger partial charge in [0.2, 0.25) is 0 Å². The summed E-state index contributed by atoms with van der Waals surface area (Å²) >= 11 is 0. The van der Waals surface area contributed by atoms with Gasteiger partial charge in [-0.05, 0) is 31.1 Å². The first-order valence-corrected chi connectivity index (χ1v) is 5.00. The van der Waals surface area contributed by atoms with E-state index in [4.69, 9.17) is 9.57 Å². The van der Waals surface area contributed by atoms with E-state index in [2.05, 4.69) is 0 Å². The number of amides is 1. The lowest BCUT2D eigenvalue weighted by Gasteiger charge is -2.31. The molecule has 4 nitrogen and oxygen atoms in total. The van der Waals surface area contributed by atoms with Crippen LogP contribution < -0.4 is 0 Å². The maximum absolute atomic E-state index is 12.0. The summed E-state index contributed by atoms with van der Waals surface area (Å²) < 4.78 is 5.41. The minimum Gasteiger partial charge on any atom is -0.368 e. The molecule has 0 aromatic heterocycles. The van der Waals surface area contributed by atoms with Crippen LogP contribution in [0.2, 0.25) is 0 Å². The van der Waals surface area contributed by atoms with Gasteiger partial charge in [-0.25, -0.2) is 5.06 Å². The summed E-state index contributed by atoms with van der Waals surface area (Å²) in [5, 5.41) is 1.27. The molecule has 0 N–H and O–H groups in total. The van der Waals surface area contributed by atoms with Crippen molar-refractivity contribution in [1.29, 1.82) is 0 Å². The minimum atomic E-state index is -0.599. The van der Waals surface area contributed by atoms with Crippen molar-refractivity contribution in [1.82, 2.24) is 5.06 Å². The molecular weight excluding hydrogens is 182 g/mol. The van der Waals surface area contributed by atoms with Gasteiger partial charge >= 0.3 is 0 Å². The minimum absolute atomic E-state index is 0.0466. The number of methoxy groups -OCH3 is 1. The van der Waals surface area contributed by atoms with E-state index in [1.807, 2.05) is 0 Å². The summed E-state index contributed by atoms with van der Waals surface area (Å²) in [4.78, 5) is 16.9. The summed E-state index contributed by atoms with van der Waals surface area (Å²) in [6.45, 7) is 0. The van der Waals surface area contributed by atoms with Crippen molar-refractivity contribution in [3.05, 3.63) is 0 Å². The molecule has 2 atom stereocenters. The predicted molar refractivity (Wildman–Crippen MR) is 50.4 cm³/mol. The second-order valence-electron chi connectivity index (χ2n) is 4.35. The highest BCUT2D eigenvalue weighted by Gasteiger charge is 2.58. The first kappa shape index (κ1) is 9.93. The number of fused-ring (bicyclic) bond motifs is 1. The standard InChI is InChI=1S/C10H17NO3/c1-11(14-3)9(12)10(13-2)5-7-4-8(7)6-10/h7-8H,4-6H2,1-3H3. The Hall–Kier alpha value is -0.610. The Morgan fingerprint density at radius 2 is 1.93 bits per heavy atom. The summed E-state index contributed by atoms with van der Waals surface area (Å²) in [5.41, 5.74) is -0.599. The number of rotatable bonds is 3. The topological polar surface area (TPSA) is 38.8 Å². The quantitative estimate of drug-likeness (QED) is 0.632. The molecule has 2 saturated carbocycles. The van der Waals surface area contributed by atoms with Gasteiger partial charge in [0.15, 0.2) is 0 Å². The molecule has 4 heteroatoms. The van der Waals surface area contributed by atoms with Crippen LogP contribution >= 0.6 is 0 Å². The zero-order valence-corrected chi connectivity index (χ0v) is 8.95. The Morgan fingerprint density at radius 3 is 2.36 bits per heavy atom. The van der Waals surface area contributed by atoms with E-state index < -0.39 is 5.60 Å². The van der Waals surface area contributed by atoms with Crippen LogP contribution in [0.1, 0.15) is 19.3 Å². The van der Waals surface area contributed by atoms with Crippen LogP contribution in [0.3, 0.4) is 0 Å². The van der Waals surface area contributed by atoms with E-state index >= 15 is 0 Å². The van der Waals surface area contributed by atoms with Gasteiger partial charge in [-0.2, -0.15) is 0 Å². The Kier molecular flexibility index (Phi) is 2.27. The fraction of sp³-hybridized carbons (Fsp3) is 0.900. The lowest BCUT2D eigenvalue weighted by Crippen LogP contribution is -2.47. The molecule has 0 aromatic carbocycles. The van der Waals surface area contributed by atoms with Crippen LogP contribution in [0.5, 0.6) is 0 Å². The van der Waals surface area contributed by atoms with Crippen molar-refractivity contribution in [3.63, 3.8) is 0 Å². The van der Waals surface area contributed by atoms with Crippen LogP contribution in [0.15, 0.2) is 0 Å². The van der Waals surface area contributed by atoms with E-state index in [0.29, 0.717) is 11.8 Å². The molecule has 14 heavy (non-hydrogen) atoms. The van der Waals surface area contributed by atoms with Gasteiger partial charge in [-0.3, -0.25) is 9.63 Å². The summed E-state index contributed by atoms with van der Waals surface area (Å²) in [7, 11) is 4.75. The van der Waals surface area contributed by atoms with E-state index in [-0.39, 0.29) is 5.91 Å². The largest absolute Gasteiger partial charge is 0.368 e. The molecule has 2 aliphatic rings. The van der Waals surface area contributed by atoms with E-state index in [1.54, 1.807) is 14.2 Å². The predicted octanol–water partition coefficient (Wildman–Crippen LogP) is 0.821. The van der Waals surface area contributed by atoms with Crippen LogP contribution in [0.4, 0.5) is 0 Å². The van der Waals surface area contributed by atoms with Gasteiger partial charge in [0.05, 0.1) is 7.11 Å². The molecule has 1 amide bonds. The molecule has 0 spiro atoms. The highest BCUT2D eigenvalue weighted by Crippen LogP contribution is 2.57. The molecule has 0 radical (unpaired) electrons. The van der Waals surface area contributed by atoms with Crippen LogP contribution in [0.25, 0.3) is 0 Å². The first-order valence-electron chi connectivity index (χ1n) is 5.00. The Labute approximate surface area is 84.1 Å². The number of hydrogen-bond donors (Lipinski definition) is 0. The van der Waals surface area contributed by atoms with Gasteiger partial charge in [-0.1, -0.05) is 0 Å². The Balaban J connectivity index is 2.08. The van der Waals surface area contributed by atoms with Crippen molar-refractivity contribution >= 4 is 5.91 Å². The number of ether oxygens (including phenoxy) is 1. The van der Waals surface area contributed by atoms with E-state index in [9.17, 15) is 4.79 Å². The van der Waals surface area contributed by atoms with Gasteiger partial charge in [0, 0.05) is 14.2 Å². The third-order valence-corrected chi connectivity index (χ3v) is 3.59. The van der Waals surface area contributed by atoms with Crippen molar-refractivity contribution in [2.75, 3.05) is 21.3 Å². The lowest BCUT2D eigenvalue weighted by atomic mass is 9.96. The number of hydrogen-bond acceptors (Lipinski definition) is 3. The highest BCUT2D eigenvalue weighted by molar-refractivity contribution is 5.85. The fourth-order valence-electron chi connectivity index (χ4n) is 2.54. The van der Waals surface area contributed by atoms with Crippen molar-refractivity contribution in [3.8, 4) is 0 Å². The SMILES string of the molecule is CON(C)C(=O)C1(OC)CC2CC2C1. The molecule has 2 fully saturated rings. The number of carbonyl (C=O) groups is 1. The maximum atomic E-state index is 12.0. The van der Waals surface area contributed by atoms with Crippen LogP contribution in [0, 0.1) is 11.8 Å². The van der Waals surface area contributed by atoms with Crippen molar-refractivity contribution in [2.24, 2.45) is 11.8 Å². The van der Waals surface area contributed by atoms with Gasteiger partial charge in [0.1, 0.15) is 5.60 Å². The monoisotopic (exact) mass is 199 g/mol. The molecular formula is C10H17NO3. The third kappa shape index (κ3) is 1.33. The van der Waals surface area contributed by atoms with E-state index in [1.165, 1.54) is 18.6 Å². The highest BCUT2D eigenvalue weighted by atomic mass is 16.7. The van der Waals surface area contributed by atoms with Crippen LogP contribution in [-0.2, 0) is 14.4 Å². The molecule has 0 bridgehead atoms. The smallest absolute Gasteiger partial charge is 0.278 e. The molecule has 0 saturated heterocycles. The first-order chi connectivity index (χ1) is 6.63. The normalized spacial score (nSPS) is 39.4. The zero-order chi connectivity index (χ0) is 10.3. The van der Waals surface area contributed by atoms with Gasteiger partial charge in [0.25, 0.3) is 5.91 Å². The van der Waals surface area contributed by atoms with Crippen molar-refractivity contribution in [2.45, 2.75) is 24.9 Å². The van der Waals surface area contributed by atoms with Crippen LogP contribution in [-0.4, -0.2) is 37.8 Å². The molecule has 2 aliphatic carbocycles. The number of hydroxylamine groups is 2. The second kappa shape index (κ2) is 3.21. The van der Waals surface area contributed by atoms with Gasteiger partial charge < -0.3 is 4.74 Å². The van der Waals surface area contributed by atoms with Gasteiger partial charge in [-0.15, -0.1) is 0 Å². The van der Waals surface area contributed by atoms with E-state index in [0.717, 1.165) is 12.8 Å². The summed E-state index contributed by atoms with van der Waals surface area (Å²) in [5.74, 6) is 1.38. The Bertz CT molecular complexity index is 244. The lowest BCUT2D eigenvalue weighted by molar-refractivity contribution is -0.192. The number of carbonyl (C=O) groups excluding carboxylic acids is 1. The molecule has 0 aliphatic heterocycles. The average Bonchev–Trinajstić information content (AvgIpc) is 2.84. The summed E-state index contributed by atoms with van der Waals surface area (Å²) in [6.07, 6.45) is 3.00. The average molecular weight is 199 g/mol. The molecule has 0 heterocycles. The maximum Gasteiger partial charge on any atom is 0.278 e. The molecule has 2 rings (SSSR count). The molecule has 80 valence electrons. The summed E-state index contributed by atoms with van der Waals surface area (Å²) in [6, 6.07) is 0. The molecule has 0 aromatic rings. The fourth-order valence-corrected chi connectivity index (χ4v) is 2.54.